The van der Waals surface area contributed by atoms with Gasteiger partial charge in [0, 0.05) is 6.04 Å². The Morgan fingerprint density at radius 2 is 2.18 bits per heavy atom. The monoisotopic (exact) mass is 238 g/mol. The van der Waals surface area contributed by atoms with E-state index in [-0.39, 0.29) is 17.4 Å². The van der Waals surface area contributed by atoms with Crippen LogP contribution >= 0.6 is 0 Å². The summed E-state index contributed by atoms with van der Waals surface area (Å²) in [5.74, 6) is 1.07. The van der Waals surface area contributed by atoms with Gasteiger partial charge in [-0.15, -0.1) is 0 Å². The lowest BCUT2D eigenvalue weighted by Crippen LogP contribution is -2.56. The molecule has 0 aromatic carbocycles. The maximum absolute atomic E-state index is 12.3. The predicted octanol–water partition coefficient (Wildman–Crippen LogP) is 2.07. The second-order valence-electron chi connectivity index (χ2n) is 6.57. The minimum absolute atomic E-state index is 0.0158. The average Bonchev–Trinajstić information content (AvgIpc) is 3.00. The van der Waals surface area contributed by atoms with Crippen molar-refractivity contribution < 1.29 is 4.79 Å². The van der Waals surface area contributed by atoms with Crippen molar-refractivity contribution >= 4 is 5.91 Å². The van der Waals surface area contributed by atoms with E-state index in [2.05, 4.69) is 31.4 Å². The lowest BCUT2D eigenvalue weighted by Gasteiger charge is -2.38. The Balaban J connectivity index is 1.84. The molecule has 1 aliphatic carbocycles. The van der Waals surface area contributed by atoms with Crippen molar-refractivity contribution in [2.75, 3.05) is 6.54 Å². The van der Waals surface area contributed by atoms with Crippen LogP contribution in [-0.2, 0) is 4.79 Å². The van der Waals surface area contributed by atoms with Gasteiger partial charge >= 0.3 is 0 Å². The molecule has 2 unspecified atom stereocenters. The summed E-state index contributed by atoms with van der Waals surface area (Å²) in [6, 6.07) is 0.312. The molecule has 1 saturated carbocycles. The third-order valence-corrected chi connectivity index (χ3v) is 4.16. The summed E-state index contributed by atoms with van der Waals surface area (Å²) < 4.78 is 0. The first-order chi connectivity index (χ1) is 7.99. The summed E-state index contributed by atoms with van der Waals surface area (Å²) in [5, 5.41) is 6.55. The normalized spacial score (nSPS) is 29.7. The molecule has 0 radical (unpaired) electrons. The van der Waals surface area contributed by atoms with E-state index in [0.29, 0.717) is 6.04 Å². The van der Waals surface area contributed by atoms with E-state index in [4.69, 9.17) is 0 Å². The number of carbonyl (C=O) groups excluding carboxylic acids is 1. The van der Waals surface area contributed by atoms with E-state index in [1.54, 1.807) is 0 Å². The third kappa shape index (κ3) is 3.44. The van der Waals surface area contributed by atoms with E-state index in [1.807, 2.05) is 0 Å². The zero-order valence-corrected chi connectivity index (χ0v) is 11.4. The number of nitrogens with one attached hydrogen (secondary N) is 2. The van der Waals surface area contributed by atoms with Crippen molar-refractivity contribution in [2.45, 2.75) is 65.0 Å². The van der Waals surface area contributed by atoms with Gasteiger partial charge in [0.2, 0.25) is 5.91 Å². The molecule has 1 aliphatic heterocycles. The minimum atomic E-state index is -0.0158. The fraction of sp³-hybridized carbons (Fsp3) is 0.929. The number of rotatable bonds is 4. The molecular weight excluding hydrogens is 212 g/mol. The fourth-order valence-corrected chi connectivity index (χ4v) is 2.90. The molecule has 98 valence electrons. The molecule has 2 N–H and O–H groups in total. The van der Waals surface area contributed by atoms with Gasteiger partial charge in [-0.05, 0) is 44.1 Å². The van der Waals surface area contributed by atoms with Gasteiger partial charge in [-0.3, -0.25) is 4.79 Å². The van der Waals surface area contributed by atoms with Crippen molar-refractivity contribution in [1.82, 2.24) is 10.6 Å². The standard InChI is InChI=1S/C14H26N2O/c1-10(9-11-5-6-11)16-13(17)12-14(2,3)7-4-8-15-12/h10-12,15H,4-9H2,1-3H3,(H,16,17). The first kappa shape index (κ1) is 12.9. The Morgan fingerprint density at radius 1 is 1.47 bits per heavy atom. The molecule has 2 aliphatic rings. The van der Waals surface area contributed by atoms with E-state index in [0.717, 1.165) is 25.3 Å². The number of piperidine rings is 1. The van der Waals surface area contributed by atoms with Crippen LogP contribution in [0, 0.1) is 11.3 Å². The number of hydrogen-bond acceptors (Lipinski definition) is 2. The predicted molar refractivity (Wildman–Crippen MR) is 69.8 cm³/mol. The first-order valence-corrected chi connectivity index (χ1v) is 7.03. The molecular formula is C14H26N2O. The maximum Gasteiger partial charge on any atom is 0.237 e. The van der Waals surface area contributed by atoms with Gasteiger partial charge in [0.05, 0.1) is 6.04 Å². The highest BCUT2D eigenvalue weighted by molar-refractivity contribution is 5.83. The molecule has 2 rings (SSSR count). The lowest BCUT2D eigenvalue weighted by molar-refractivity contribution is -0.127. The summed E-state index contributed by atoms with van der Waals surface area (Å²) in [6.45, 7) is 7.48. The topological polar surface area (TPSA) is 41.1 Å². The Kier molecular flexibility index (Phi) is 3.76. The zero-order valence-electron chi connectivity index (χ0n) is 11.4. The summed E-state index contributed by atoms with van der Waals surface area (Å²) in [5.41, 5.74) is 0.0850. The Bertz CT molecular complexity index is 284. The van der Waals surface area contributed by atoms with Crippen LogP contribution in [0.25, 0.3) is 0 Å². The molecule has 0 spiro atoms. The van der Waals surface area contributed by atoms with Crippen molar-refractivity contribution in [1.29, 1.82) is 0 Å². The van der Waals surface area contributed by atoms with Gasteiger partial charge in [0.15, 0.2) is 0 Å². The summed E-state index contributed by atoms with van der Waals surface area (Å²) in [7, 11) is 0. The number of amides is 1. The highest BCUT2D eigenvalue weighted by Gasteiger charge is 2.37. The molecule has 3 heteroatoms. The van der Waals surface area contributed by atoms with Crippen LogP contribution in [0.2, 0.25) is 0 Å². The molecule has 0 aromatic rings. The van der Waals surface area contributed by atoms with Crippen LogP contribution in [-0.4, -0.2) is 24.5 Å². The van der Waals surface area contributed by atoms with Crippen molar-refractivity contribution in [3.8, 4) is 0 Å². The quantitative estimate of drug-likeness (QED) is 0.787. The van der Waals surface area contributed by atoms with Gasteiger partial charge in [-0.1, -0.05) is 26.7 Å². The smallest absolute Gasteiger partial charge is 0.237 e. The van der Waals surface area contributed by atoms with Gasteiger partial charge in [-0.25, -0.2) is 0 Å². The summed E-state index contributed by atoms with van der Waals surface area (Å²) in [6.07, 6.45) is 6.17. The Labute approximate surface area is 105 Å². The molecule has 2 atom stereocenters. The highest BCUT2D eigenvalue weighted by atomic mass is 16.2. The van der Waals surface area contributed by atoms with Crippen molar-refractivity contribution in [3.63, 3.8) is 0 Å². The first-order valence-electron chi connectivity index (χ1n) is 7.03. The average molecular weight is 238 g/mol. The van der Waals surface area contributed by atoms with E-state index in [1.165, 1.54) is 19.3 Å². The molecule has 17 heavy (non-hydrogen) atoms. The Morgan fingerprint density at radius 3 is 2.76 bits per heavy atom. The van der Waals surface area contributed by atoms with Gasteiger partial charge in [-0.2, -0.15) is 0 Å². The lowest BCUT2D eigenvalue weighted by atomic mass is 9.77. The number of hydrogen-bond donors (Lipinski definition) is 2. The van der Waals surface area contributed by atoms with Crippen LogP contribution in [0.4, 0.5) is 0 Å². The second-order valence-corrected chi connectivity index (χ2v) is 6.57. The largest absolute Gasteiger partial charge is 0.352 e. The number of carbonyl (C=O) groups is 1. The van der Waals surface area contributed by atoms with Crippen molar-refractivity contribution in [2.24, 2.45) is 11.3 Å². The molecule has 0 aromatic heterocycles. The van der Waals surface area contributed by atoms with Gasteiger partial charge < -0.3 is 10.6 Å². The second kappa shape index (κ2) is 4.97. The molecule has 1 saturated heterocycles. The van der Waals surface area contributed by atoms with E-state index < -0.39 is 0 Å². The van der Waals surface area contributed by atoms with E-state index in [9.17, 15) is 4.79 Å². The van der Waals surface area contributed by atoms with Crippen LogP contribution < -0.4 is 10.6 Å². The molecule has 1 heterocycles. The Hall–Kier alpha value is -0.570. The summed E-state index contributed by atoms with van der Waals surface area (Å²) in [4.78, 5) is 12.3. The van der Waals surface area contributed by atoms with Crippen LogP contribution in [0.1, 0.15) is 52.9 Å². The highest BCUT2D eigenvalue weighted by Crippen LogP contribution is 2.34. The SMILES string of the molecule is CC(CC1CC1)NC(=O)C1NCCCC1(C)C. The van der Waals surface area contributed by atoms with E-state index >= 15 is 0 Å². The summed E-state index contributed by atoms with van der Waals surface area (Å²) >= 11 is 0. The van der Waals surface area contributed by atoms with Gasteiger partial charge in [0.25, 0.3) is 0 Å². The molecule has 2 fully saturated rings. The third-order valence-electron chi connectivity index (χ3n) is 4.16. The van der Waals surface area contributed by atoms with Crippen LogP contribution in [0.5, 0.6) is 0 Å². The fourth-order valence-electron chi connectivity index (χ4n) is 2.90. The zero-order chi connectivity index (χ0) is 12.5. The molecule has 3 nitrogen and oxygen atoms in total. The molecule has 0 bridgehead atoms. The van der Waals surface area contributed by atoms with Crippen LogP contribution in [0.3, 0.4) is 0 Å². The van der Waals surface area contributed by atoms with Gasteiger partial charge in [0.1, 0.15) is 0 Å². The minimum Gasteiger partial charge on any atom is -0.352 e. The molecule has 1 amide bonds. The van der Waals surface area contributed by atoms with Crippen molar-refractivity contribution in [3.05, 3.63) is 0 Å². The van der Waals surface area contributed by atoms with Crippen LogP contribution in [0.15, 0.2) is 0 Å². The maximum atomic E-state index is 12.3.